The van der Waals surface area contributed by atoms with E-state index in [2.05, 4.69) is 5.48 Å². The molecule has 1 atom stereocenters. The molecule has 0 fully saturated rings. The summed E-state index contributed by atoms with van der Waals surface area (Å²) in [6.45, 7) is 4.14. The second-order valence-corrected chi connectivity index (χ2v) is 3.81. The van der Waals surface area contributed by atoms with Gasteiger partial charge in [0.1, 0.15) is 5.82 Å². The van der Waals surface area contributed by atoms with E-state index in [1.807, 2.05) is 6.92 Å². The largest absolute Gasteiger partial charge is 0.302 e. The molecular weight excluding hydrogens is 240 g/mol. The first-order chi connectivity index (χ1) is 7.07. The first-order valence-corrected chi connectivity index (χ1v) is 5.34. The maximum Gasteiger partial charge on any atom is 0.142 e. The minimum atomic E-state index is -0.485. The maximum absolute atomic E-state index is 13.2. The molecule has 2 nitrogen and oxygen atoms in total. The Labute approximate surface area is 98.3 Å². The van der Waals surface area contributed by atoms with Crippen molar-refractivity contribution >= 4 is 23.2 Å². The van der Waals surface area contributed by atoms with Crippen LogP contribution in [-0.2, 0) is 4.84 Å². The Balaban J connectivity index is 2.96. The monoisotopic (exact) mass is 251 g/mol. The molecule has 1 aromatic rings. The van der Waals surface area contributed by atoms with Crippen molar-refractivity contribution in [2.75, 3.05) is 6.61 Å². The molecule has 15 heavy (non-hydrogen) atoms. The second-order valence-electron chi connectivity index (χ2n) is 3.03. The summed E-state index contributed by atoms with van der Waals surface area (Å²) in [5.41, 5.74) is 3.23. The molecular formula is C10H12Cl2FNO. The van der Waals surface area contributed by atoms with Crippen molar-refractivity contribution < 1.29 is 9.23 Å². The number of nitrogens with one attached hydrogen (secondary N) is 1. The molecule has 0 bridgehead atoms. The van der Waals surface area contributed by atoms with Gasteiger partial charge in [0.25, 0.3) is 0 Å². The van der Waals surface area contributed by atoms with Crippen LogP contribution in [0.4, 0.5) is 4.39 Å². The van der Waals surface area contributed by atoms with Gasteiger partial charge in [-0.15, -0.1) is 0 Å². The fourth-order valence-electron chi connectivity index (χ4n) is 1.21. The highest BCUT2D eigenvalue weighted by Crippen LogP contribution is 2.32. The van der Waals surface area contributed by atoms with E-state index < -0.39 is 5.82 Å². The molecule has 1 N–H and O–H groups in total. The van der Waals surface area contributed by atoms with Gasteiger partial charge in [0.2, 0.25) is 0 Å². The summed E-state index contributed by atoms with van der Waals surface area (Å²) in [4.78, 5) is 5.01. The Bertz CT molecular complexity index is 346. The molecule has 0 aliphatic heterocycles. The highest BCUT2D eigenvalue weighted by Gasteiger charge is 2.16. The van der Waals surface area contributed by atoms with Crippen molar-refractivity contribution in [2.45, 2.75) is 19.9 Å². The van der Waals surface area contributed by atoms with Gasteiger partial charge in [-0.25, -0.2) is 4.39 Å². The summed E-state index contributed by atoms with van der Waals surface area (Å²) in [5.74, 6) is -0.485. The van der Waals surface area contributed by atoms with Gasteiger partial charge in [-0.2, -0.15) is 5.48 Å². The van der Waals surface area contributed by atoms with Gasteiger partial charge in [0.15, 0.2) is 0 Å². The lowest BCUT2D eigenvalue weighted by molar-refractivity contribution is 0.0285. The van der Waals surface area contributed by atoms with Gasteiger partial charge in [-0.1, -0.05) is 23.2 Å². The highest BCUT2D eigenvalue weighted by molar-refractivity contribution is 6.36. The van der Waals surface area contributed by atoms with Crippen molar-refractivity contribution in [3.05, 3.63) is 33.6 Å². The van der Waals surface area contributed by atoms with Crippen molar-refractivity contribution in [2.24, 2.45) is 0 Å². The summed E-state index contributed by atoms with van der Waals surface area (Å²) in [5, 5.41) is 0.448. The molecule has 0 aliphatic rings. The van der Waals surface area contributed by atoms with Crippen molar-refractivity contribution in [1.29, 1.82) is 0 Å². The number of halogens is 3. The predicted molar refractivity (Wildman–Crippen MR) is 59.6 cm³/mol. The van der Waals surface area contributed by atoms with Crippen LogP contribution in [0.1, 0.15) is 25.5 Å². The van der Waals surface area contributed by atoms with Crippen LogP contribution in [0, 0.1) is 5.82 Å². The summed E-state index contributed by atoms with van der Waals surface area (Å²) >= 11 is 11.7. The molecule has 0 spiro atoms. The van der Waals surface area contributed by atoms with Crippen LogP contribution in [0.25, 0.3) is 0 Å². The topological polar surface area (TPSA) is 21.3 Å². The SMILES string of the molecule is CCONC(C)c1c(Cl)ccc(F)c1Cl. The van der Waals surface area contributed by atoms with Gasteiger partial charge >= 0.3 is 0 Å². The van der Waals surface area contributed by atoms with Gasteiger partial charge < -0.3 is 4.84 Å². The van der Waals surface area contributed by atoms with Gasteiger partial charge in [0.05, 0.1) is 17.7 Å². The number of hydrogen-bond donors (Lipinski definition) is 1. The lowest BCUT2D eigenvalue weighted by atomic mass is 10.1. The molecule has 1 rings (SSSR count). The molecule has 0 saturated heterocycles. The van der Waals surface area contributed by atoms with Crippen LogP contribution in [0.3, 0.4) is 0 Å². The van der Waals surface area contributed by atoms with Crippen molar-refractivity contribution in [3.8, 4) is 0 Å². The van der Waals surface area contributed by atoms with Crippen LogP contribution < -0.4 is 5.48 Å². The quantitative estimate of drug-likeness (QED) is 0.651. The first kappa shape index (κ1) is 12.7. The molecule has 1 aromatic carbocycles. The smallest absolute Gasteiger partial charge is 0.142 e. The Hall–Kier alpha value is -0.350. The lowest BCUT2D eigenvalue weighted by Crippen LogP contribution is -2.19. The minimum Gasteiger partial charge on any atom is -0.302 e. The fraction of sp³-hybridized carbons (Fsp3) is 0.400. The molecule has 0 aromatic heterocycles. The molecule has 0 radical (unpaired) electrons. The van der Waals surface area contributed by atoms with Gasteiger partial charge in [-0.3, -0.25) is 0 Å². The summed E-state index contributed by atoms with van der Waals surface area (Å²) in [7, 11) is 0. The number of benzene rings is 1. The summed E-state index contributed by atoms with van der Waals surface area (Å²) in [6, 6.07) is 2.45. The average Bonchev–Trinajstić information content (AvgIpc) is 2.21. The minimum absolute atomic E-state index is 0.0298. The molecule has 0 aliphatic carbocycles. The summed E-state index contributed by atoms with van der Waals surface area (Å²) in [6.07, 6.45) is 0. The zero-order valence-electron chi connectivity index (χ0n) is 8.48. The Kier molecular flexibility index (Phi) is 4.80. The van der Waals surface area contributed by atoms with Crippen molar-refractivity contribution in [1.82, 2.24) is 5.48 Å². The molecule has 1 unspecified atom stereocenters. The zero-order valence-corrected chi connectivity index (χ0v) is 9.99. The number of rotatable bonds is 4. The third-order valence-corrected chi connectivity index (χ3v) is 2.63. The third kappa shape index (κ3) is 3.05. The summed E-state index contributed by atoms with van der Waals surface area (Å²) < 4.78 is 13.2. The molecule has 0 saturated carbocycles. The predicted octanol–water partition coefficient (Wildman–Crippen LogP) is 3.73. The highest BCUT2D eigenvalue weighted by atomic mass is 35.5. The number of hydrogen-bond acceptors (Lipinski definition) is 2. The first-order valence-electron chi connectivity index (χ1n) is 4.58. The van der Waals surface area contributed by atoms with E-state index in [0.29, 0.717) is 17.2 Å². The van der Waals surface area contributed by atoms with Gasteiger partial charge in [0, 0.05) is 10.6 Å². The zero-order chi connectivity index (χ0) is 11.4. The molecule has 0 heterocycles. The van der Waals surface area contributed by atoms with Crippen LogP contribution in [0.2, 0.25) is 10.0 Å². The number of hydroxylamine groups is 1. The third-order valence-electron chi connectivity index (χ3n) is 1.92. The van der Waals surface area contributed by atoms with E-state index in [0.717, 1.165) is 0 Å². The lowest BCUT2D eigenvalue weighted by Gasteiger charge is -2.16. The van der Waals surface area contributed by atoms with Crippen molar-refractivity contribution in [3.63, 3.8) is 0 Å². The second kappa shape index (κ2) is 5.66. The Morgan fingerprint density at radius 3 is 2.73 bits per heavy atom. The van der Waals surface area contributed by atoms with E-state index in [-0.39, 0.29) is 11.1 Å². The Morgan fingerprint density at radius 1 is 1.47 bits per heavy atom. The van der Waals surface area contributed by atoms with Crippen LogP contribution in [0.5, 0.6) is 0 Å². The molecule has 84 valence electrons. The van der Waals surface area contributed by atoms with E-state index in [1.54, 1.807) is 6.92 Å². The molecule has 5 heteroatoms. The average molecular weight is 252 g/mol. The van der Waals surface area contributed by atoms with Crippen LogP contribution in [0.15, 0.2) is 12.1 Å². The van der Waals surface area contributed by atoms with Gasteiger partial charge in [-0.05, 0) is 26.0 Å². The van der Waals surface area contributed by atoms with E-state index in [4.69, 9.17) is 28.0 Å². The standard InChI is InChI=1S/C10H12Cl2FNO/c1-3-15-14-6(2)9-7(11)4-5-8(13)10(9)12/h4-6,14H,3H2,1-2H3. The van der Waals surface area contributed by atoms with Crippen LogP contribution >= 0.6 is 23.2 Å². The maximum atomic E-state index is 13.2. The fourth-order valence-corrected chi connectivity index (χ4v) is 1.90. The molecule has 0 amide bonds. The normalized spacial score (nSPS) is 12.9. The van der Waals surface area contributed by atoms with E-state index in [1.165, 1.54) is 12.1 Å². The Morgan fingerprint density at radius 2 is 2.13 bits per heavy atom. The van der Waals surface area contributed by atoms with Crippen LogP contribution in [-0.4, -0.2) is 6.61 Å². The van der Waals surface area contributed by atoms with E-state index in [9.17, 15) is 4.39 Å². The van der Waals surface area contributed by atoms with E-state index >= 15 is 0 Å².